The number of ether oxygens (including phenoxy) is 3. The van der Waals surface area contributed by atoms with E-state index in [4.69, 9.17) is 14.2 Å². The lowest BCUT2D eigenvalue weighted by Gasteiger charge is -2.16. The Kier molecular flexibility index (Phi) is 9.90. The number of benzene rings is 1. The number of carbonyl (C=O) groups is 1. The number of methoxy groups -OCH3 is 2. The molecule has 0 saturated carbocycles. The summed E-state index contributed by atoms with van der Waals surface area (Å²) >= 11 is 1.31. The van der Waals surface area contributed by atoms with Crippen LogP contribution in [0, 0.1) is 0 Å². The van der Waals surface area contributed by atoms with E-state index < -0.39 is 12.1 Å². The number of aliphatic hydroxyl groups excluding tert-OH is 1. The summed E-state index contributed by atoms with van der Waals surface area (Å²) in [5, 5.41) is 22.9. The molecule has 172 valence electrons. The minimum atomic E-state index is -0.966. The fourth-order valence-corrected chi connectivity index (χ4v) is 4.78. The average Bonchev–Trinajstić information content (AvgIpc) is 3.14. The molecule has 3 N–H and O–H groups in total. The molecule has 0 saturated heterocycles. The molecule has 1 aliphatic carbocycles. The predicted molar refractivity (Wildman–Crippen MR) is 123 cm³/mol. The van der Waals surface area contributed by atoms with Crippen LogP contribution < -0.4 is 19.5 Å². The lowest BCUT2D eigenvalue weighted by molar-refractivity contribution is 0.0689. The molecule has 0 amide bonds. The van der Waals surface area contributed by atoms with Crippen molar-refractivity contribution in [3.05, 3.63) is 39.1 Å². The van der Waals surface area contributed by atoms with Gasteiger partial charge in [0.15, 0.2) is 16.4 Å². The van der Waals surface area contributed by atoms with Crippen LogP contribution in [0.5, 0.6) is 17.2 Å². The zero-order chi connectivity index (χ0) is 21.5. The van der Waals surface area contributed by atoms with E-state index in [9.17, 15) is 15.0 Å². The highest BCUT2D eigenvalue weighted by Crippen LogP contribution is 2.40. The van der Waals surface area contributed by atoms with E-state index in [1.807, 2.05) is 18.2 Å². The van der Waals surface area contributed by atoms with Crippen LogP contribution in [-0.4, -0.2) is 56.2 Å². The van der Waals surface area contributed by atoms with Gasteiger partial charge in [-0.25, -0.2) is 4.79 Å². The van der Waals surface area contributed by atoms with E-state index in [-0.39, 0.29) is 23.9 Å². The predicted octanol–water partition coefficient (Wildman–Crippen LogP) is 3.34. The zero-order valence-corrected chi connectivity index (χ0v) is 19.4. The van der Waals surface area contributed by atoms with Crippen molar-refractivity contribution < 1.29 is 29.2 Å². The minimum Gasteiger partial charge on any atom is -0.493 e. The second-order valence-corrected chi connectivity index (χ2v) is 8.39. The highest BCUT2D eigenvalue weighted by molar-refractivity contribution is 7.14. The molecule has 2 aromatic rings. The minimum absolute atomic E-state index is 0. The molecular formula is C22H30ClNO6S. The number of aliphatic hydroxyl groups is 1. The molecule has 1 aromatic carbocycles. The maximum atomic E-state index is 11.6. The number of hydrogen-bond donors (Lipinski definition) is 3. The number of nitrogens with one attached hydrogen (secondary N) is 1. The first kappa shape index (κ1) is 25.3. The number of carboxylic acid groups (broad SMARTS) is 1. The number of thiophene rings is 1. The van der Waals surface area contributed by atoms with Crippen LogP contribution in [0.2, 0.25) is 0 Å². The fourth-order valence-electron chi connectivity index (χ4n) is 3.61. The topological polar surface area (TPSA) is 97.2 Å². The summed E-state index contributed by atoms with van der Waals surface area (Å²) < 4.78 is 16.3. The van der Waals surface area contributed by atoms with Gasteiger partial charge in [0.05, 0.1) is 14.2 Å². The molecule has 31 heavy (non-hydrogen) atoms. The molecule has 1 atom stereocenters. The third kappa shape index (κ3) is 6.49. The van der Waals surface area contributed by atoms with Crippen LogP contribution in [0.1, 0.15) is 38.5 Å². The number of halogens is 1. The van der Waals surface area contributed by atoms with E-state index in [2.05, 4.69) is 5.32 Å². The molecular weight excluding hydrogens is 442 g/mol. The summed E-state index contributed by atoms with van der Waals surface area (Å²) in [5.74, 6) is 0.869. The Morgan fingerprint density at radius 2 is 1.94 bits per heavy atom. The molecule has 1 heterocycles. The Morgan fingerprint density at radius 1 is 1.19 bits per heavy atom. The average molecular weight is 472 g/mol. The third-order valence-electron chi connectivity index (χ3n) is 5.16. The number of hydrogen-bond acceptors (Lipinski definition) is 7. The summed E-state index contributed by atoms with van der Waals surface area (Å²) in [4.78, 5) is 12.9. The van der Waals surface area contributed by atoms with E-state index in [0.29, 0.717) is 30.3 Å². The number of aromatic carboxylic acids is 1. The molecule has 9 heteroatoms. The molecule has 1 unspecified atom stereocenters. The van der Waals surface area contributed by atoms with Crippen LogP contribution in [-0.2, 0) is 19.3 Å². The summed E-state index contributed by atoms with van der Waals surface area (Å²) in [7, 11) is 3.21. The van der Waals surface area contributed by atoms with Gasteiger partial charge in [-0.1, -0.05) is 6.07 Å². The van der Waals surface area contributed by atoms with Crippen molar-refractivity contribution in [1.82, 2.24) is 5.32 Å². The summed E-state index contributed by atoms with van der Waals surface area (Å²) in [6, 6.07) is 5.79. The maximum Gasteiger partial charge on any atom is 0.349 e. The van der Waals surface area contributed by atoms with Crippen molar-refractivity contribution in [2.24, 2.45) is 0 Å². The molecule has 0 radical (unpaired) electrons. The van der Waals surface area contributed by atoms with Gasteiger partial charge < -0.3 is 29.7 Å². The Hall–Kier alpha value is -2.00. The van der Waals surface area contributed by atoms with Gasteiger partial charge in [0.1, 0.15) is 18.5 Å². The van der Waals surface area contributed by atoms with Crippen molar-refractivity contribution in [1.29, 1.82) is 0 Å². The monoisotopic (exact) mass is 471 g/mol. The smallest absolute Gasteiger partial charge is 0.349 e. The van der Waals surface area contributed by atoms with Crippen molar-refractivity contribution in [3.8, 4) is 17.2 Å². The molecule has 0 spiro atoms. The van der Waals surface area contributed by atoms with Crippen molar-refractivity contribution >= 4 is 29.7 Å². The second-order valence-electron chi connectivity index (χ2n) is 7.28. The molecule has 0 bridgehead atoms. The van der Waals surface area contributed by atoms with Crippen LogP contribution in [0.4, 0.5) is 0 Å². The summed E-state index contributed by atoms with van der Waals surface area (Å²) in [6.45, 7) is 1.11. The molecule has 1 aliphatic rings. The van der Waals surface area contributed by atoms with Gasteiger partial charge in [-0.3, -0.25) is 0 Å². The molecule has 3 rings (SSSR count). The SMILES string of the molecule is COc1ccc(CCNCC(O)COc2c(C(=O)O)sc3c2CCCC3)cc1OC.Cl. The van der Waals surface area contributed by atoms with Gasteiger partial charge in [-0.15, -0.1) is 23.7 Å². The van der Waals surface area contributed by atoms with Gasteiger partial charge in [0.25, 0.3) is 0 Å². The van der Waals surface area contributed by atoms with Gasteiger partial charge in [0, 0.05) is 17.0 Å². The third-order valence-corrected chi connectivity index (χ3v) is 6.42. The molecule has 0 aliphatic heterocycles. The molecule has 0 fully saturated rings. The largest absolute Gasteiger partial charge is 0.493 e. The first-order chi connectivity index (χ1) is 14.5. The Morgan fingerprint density at radius 3 is 2.65 bits per heavy atom. The van der Waals surface area contributed by atoms with Gasteiger partial charge in [-0.2, -0.15) is 0 Å². The van der Waals surface area contributed by atoms with E-state index in [0.717, 1.165) is 48.1 Å². The number of carboxylic acids is 1. The number of rotatable bonds is 11. The first-order valence-electron chi connectivity index (χ1n) is 10.1. The zero-order valence-electron chi connectivity index (χ0n) is 17.8. The summed E-state index contributed by atoms with van der Waals surface area (Å²) in [5.41, 5.74) is 2.11. The Balaban J connectivity index is 0.00000341. The van der Waals surface area contributed by atoms with E-state index in [1.54, 1.807) is 14.2 Å². The maximum absolute atomic E-state index is 11.6. The fraction of sp³-hybridized carbons (Fsp3) is 0.500. The highest BCUT2D eigenvalue weighted by Gasteiger charge is 2.26. The standard InChI is InChI=1S/C22H29NO6S.ClH/c1-27-17-8-7-14(11-18(17)28-2)9-10-23-12-15(24)13-29-20-16-5-3-4-6-19(16)30-21(20)22(25)26;/h7-8,11,15,23-24H,3-6,9-10,12-13H2,1-2H3,(H,25,26);1H. The van der Waals surface area contributed by atoms with Gasteiger partial charge in [-0.05, 0) is 56.3 Å². The number of aryl methyl sites for hydroxylation is 1. The van der Waals surface area contributed by atoms with Crippen molar-refractivity contribution in [2.75, 3.05) is 33.9 Å². The number of fused-ring (bicyclic) bond motifs is 1. The summed E-state index contributed by atoms with van der Waals surface area (Å²) in [6.07, 6.45) is 3.92. The quantitative estimate of drug-likeness (QED) is 0.432. The lowest BCUT2D eigenvalue weighted by Crippen LogP contribution is -2.32. The van der Waals surface area contributed by atoms with Crippen LogP contribution in [0.3, 0.4) is 0 Å². The first-order valence-corrected chi connectivity index (χ1v) is 11.0. The van der Waals surface area contributed by atoms with Crippen molar-refractivity contribution in [2.45, 2.75) is 38.2 Å². The van der Waals surface area contributed by atoms with Gasteiger partial charge in [0.2, 0.25) is 0 Å². The Labute approximate surface area is 192 Å². The van der Waals surface area contributed by atoms with E-state index in [1.165, 1.54) is 11.3 Å². The van der Waals surface area contributed by atoms with Crippen LogP contribution in [0.15, 0.2) is 18.2 Å². The van der Waals surface area contributed by atoms with E-state index >= 15 is 0 Å². The second kappa shape index (κ2) is 12.1. The van der Waals surface area contributed by atoms with Gasteiger partial charge >= 0.3 is 5.97 Å². The Bertz CT molecular complexity index is 872. The van der Waals surface area contributed by atoms with Crippen molar-refractivity contribution in [3.63, 3.8) is 0 Å². The highest BCUT2D eigenvalue weighted by atomic mass is 35.5. The molecule has 7 nitrogen and oxygen atoms in total. The van der Waals surface area contributed by atoms with Crippen LogP contribution >= 0.6 is 23.7 Å². The van der Waals surface area contributed by atoms with Crippen LogP contribution in [0.25, 0.3) is 0 Å². The normalized spacial score (nSPS) is 13.6. The molecule has 1 aromatic heterocycles. The lowest BCUT2D eigenvalue weighted by atomic mass is 9.98.